The maximum atomic E-state index is 14.6. The highest BCUT2D eigenvalue weighted by Crippen LogP contribution is 2.43. The predicted molar refractivity (Wildman–Crippen MR) is 236 cm³/mol. The lowest BCUT2D eigenvalue weighted by Gasteiger charge is -2.45. The Morgan fingerprint density at radius 3 is 2.10 bits per heavy atom. The Morgan fingerprint density at radius 1 is 0.915 bits per heavy atom. The summed E-state index contributed by atoms with van der Waals surface area (Å²) >= 11 is 1.27. The van der Waals surface area contributed by atoms with Gasteiger partial charge in [0, 0.05) is 43.5 Å². The summed E-state index contributed by atoms with van der Waals surface area (Å²) in [5, 5.41) is 6.10. The molecule has 4 amide bonds. The van der Waals surface area contributed by atoms with Crippen molar-refractivity contribution in [2.75, 3.05) is 31.5 Å². The summed E-state index contributed by atoms with van der Waals surface area (Å²) in [6, 6.07) is 24.9. The number of piperidine rings is 2. The van der Waals surface area contributed by atoms with Crippen LogP contribution in [0.15, 0.2) is 72.8 Å². The Labute approximate surface area is 353 Å². The van der Waals surface area contributed by atoms with Crippen LogP contribution in [0.3, 0.4) is 0 Å². The second-order valence-electron chi connectivity index (χ2n) is 18.8. The summed E-state index contributed by atoms with van der Waals surface area (Å²) < 4.78 is 12.8. The molecule has 13 heteroatoms. The topological polar surface area (TPSA) is 121 Å². The number of pyridine rings is 1. The zero-order chi connectivity index (χ0) is 42.3. The number of hydrogen-bond donors (Lipinski definition) is 1. The Kier molecular flexibility index (Phi) is 12.0. The molecule has 1 unspecified atom stereocenters. The molecule has 11 nitrogen and oxygen atoms in total. The summed E-state index contributed by atoms with van der Waals surface area (Å²) in [7, 11) is -2.84. The SMILES string of the molecule is CC(C)N1C(=O)CC2(CCCN(C3CCN(C(=O)c4c(NC(=O)OC(C)(C)C)sc5nc(CO[Si](c6ccccc6)(c6ccccc6)C(C)(C)C)ccc45)CC3)C2)C1=O. The largest absolute Gasteiger partial charge is 0.444 e. The number of imide groups is 1. The second kappa shape index (κ2) is 16.6. The molecule has 314 valence electrons. The number of anilines is 1. The van der Waals surface area contributed by atoms with E-state index in [2.05, 4.69) is 79.5 Å². The number of thiophene rings is 1. The van der Waals surface area contributed by atoms with Gasteiger partial charge in [-0.05, 0) is 94.4 Å². The van der Waals surface area contributed by atoms with E-state index in [4.69, 9.17) is 14.1 Å². The third-order valence-electron chi connectivity index (χ3n) is 12.1. The average molecular weight is 838 g/mol. The summed E-state index contributed by atoms with van der Waals surface area (Å²) in [6.45, 7) is 18.7. The van der Waals surface area contributed by atoms with Gasteiger partial charge >= 0.3 is 6.09 Å². The van der Waals surface area contributed by atoms with E-state index in [1.165, 1.54) is 26.6 Å². The van der Waals surface area contributed by atoms with Crippen molar-refractivity contribution in [1.82, 2.24) is 19.7 Å². The summed E-state index contributed by atoms with van der Waals surface area (Å²) in [5.74, 6) is -0.270. The minimum absolute atomic E-state index is 0.0320. The fourth-order valence-electron chi connectivity index (χ4n) is 9.47. The van der Waals surface area contributed by atoms with E-state index in [9.17, 15) is 19.2 Å². The standard InChI is InChI=1S/C46H59N5O6SSi/c1-31(2)51-37(52)28-46(42(51)54)24-15-25-50(30-46)33-22-26-49(27-23-33)41(53)38-36-21-20-32(47-39(36)58-40(38)48-43(55)57-44(3,4)5)29-56-59(45(6,7)8,34-16-11-9-12-17-34)35-18-13-10-14-19-35/h9-14,16-21,31,33H,15,22-30H2,1-8H3,(H,48,55). The highest BCUT2D eigenvalue weighted by atomic mass is 32.1. The van der Waals surface area contributed by atoms with Crippen molar-refractivity contribution >= 4 is 69.1 Å². The van der Waals surface area contributed by atoms with Crippen LogP contribution in [0, 0.1) is 5.41 Å². The lowest BCUT2D eigenvalue weighted by Crippen LogP contribution is -2.66. The van der Waals surface area contributed by atoms with Gasteiger partial charge in [0.1, 0.15) is 15.4 Å². The van der Waals surface area contributed by atoms with Gasteiger partial charge in [-0.15, -0.1) is 0 Å². The highest BCUT2D eigenvalue weighted by molar-refractivity contribution is 7.23. The maximum Gasteiger partial charge on any atom is 0.412 e. The van der Waals surface area contributed by atoms with Crippen molar-refractivity contribution in [2.45, 2.75) is 117 Å². The molecule has 2 aromatic carbocycles. The van der Waals surface area contributed by atoms with E-state index >= 15 is 0 Å². The number of amides is 4. The van der Waals surface area contributed by atoms with Gasteiger partial charge in [-0.25, -0.2) is 9.78 Å². The van der Waals surface area contributed by atoms with Gasteiger partial charge < -0.3 is 14.1 Å². The summed E-state index contributed by atoms with van der Waals surface area (Å²) in [6.07, 6.45) is 2.73. The van der Waals surface area contributed by atoms with E-state index in [1.807, 2.05) is 43.0 Å². The first kappa shape index (κ1) is 42.7. The molecule has 3 aliphatic rings. The van der Waals surface area contributed by atoms with E-state index < -0.39 is 25.4 Å². The molecule has 59 heavy (non-hydrogen) atoms. The lowest BCUT2D eigenvalue weighted by molar-refractivity contribution is -0.145. The summed E-state index contributed by atoms with van der Waals surface area (Å²) in [4.78, 5) is 65.6. The Balaban J connectivity index is 1.13. The quantitative estimate of drug-likeness (QED) is 0.135. The van der Waals surface area contributed by atoms with Crippen LogP contribution in [-0.2, 0) is 25.4 Å². The molecule has 2 aromatic heterocycles. The molecule has 3 saturated heterocycles. The smallest absolute Gasteiger partial charge is 0.412 e. The predicted octanol–water partition coefficient (Wildman–Crippen LogP) is 7.57. The van der Waals surface area contributed by atoms with Gasteiger partial charge in [0.15, 0.2) is 0 Å². The maximum absolute atomic E-state index is 14.6. The zero-order valence-electron chi connectivity index (χ0n) is 35.8. The van der Waals surface area contributed by atoms with Gasteiger partial charge in [-0.3, -0.25) is 29.5 Å². The molecule has 0 aliphatic carbocycles. The van der Waals surface area contributed by atoms with Crippen molar-refractivity contribution in [3.8, 4) is 0 Å². The molecule has 4 aromatic rings. The van der Waals surface area contributed by atoms with Crippen LogP contribution >= 0.6 is 11.3 Å². The Morgan fingerprint density at radius 2 is 1.54 bits per heavy atom. The number of nitrogens with one attached hydrogen (secondary N) is 1. The van der Waals surface area contributed by atoms with Gasteiger partial charge in [0.2, 0.25) is 11.8 Å². The first-order chi connectivity index (χ1) is 27.9. The van der Waals surface area contributed by atoms with Crippen LogP contribution in [-0.4, -0.2) is 95.7 Å². The minimum Gasteiger partial charge on any atom is -0.444 e. The van der Waals surface area contributed by atoms with Crippen molar-refractivity contribution in [3.05, 3.63) is 84.1 Å². The van der Waals surface area contributed by atoms with Crippen LogP contribution < -0.4 is 15.7 Å². The molecular formula is C46H59N5O6SSi. The fraction of sp³-hybridized carbons (Fsp3) is 0.500. The van der Waals surface area contributed by atoms with Crippen molar-refractivity contribution in [1.29, 1.82) is 0 Å². The molecule has 5 heterocycles. The van der Waals surface area contributed by atoms with Crippen LogP contribution in [0.2, 0.25) is 5.04 Å². The first-order valence-corrected chi connectivity index (χ1v) is 23.7. The Hall–Kier alpha value is -4.43. The van der Waals surface area contributed by atoms with Crippen LogP contribution in [0.4, 0.5) is 9.80 Å². The number of rotatable bonds is 9. The molecule has 3 fully saturated rings. The van der Waals surface area contributed by atoms with Gasteiger partial charge in [-0.2, -0.15) is 0 Å². The molecule has 1 atom stereocenters. The normalized spacial score (nSPS) is 19.9. The monoisotopic (exact) mass is 837 g/mol. The number of benzene rings is 2. The molecule has 0 bridgehead atoms. The molecule has 3 aliphatic heterocycles. The van der Waals surface area contributed by atoms with Gasteiger partial charge in [0.05, 0.1) is 23.3 Å². The van der Waals surface area contributed by atoms with Crippen LogP contribution in [0.25, 0.3) is 10.2 Å². The minimum atomic E-state index is -2.84. The number of likely N-dealkylation sites (tertiary alicyclic amines) is 3. The van der Waals surface area contributed by atoms with Crippen LogP contribution in [0.1, 0.15) is 104 Å². The number of nitrogens with zero attached hydrogens (tertiary/aromatic N) is 4. The van der Waals surface area contributed by atoms with E-state index in [0.29, 0.717) is 40.4 Å². The van der Waals surface area contributed by atoms with E-state index in [0.717, 1.165) is 37.9 Å². The number of carbonyl (C=O) groups is 4. The fourth-order valence-corrected chi connectivity index (χ4v) is 15.1. The average Bonchev–Trinajstić information content (AvgIpc) is 3.65. The van der Waals surface area contributed by atoms with Crippen molar-refractivity contribution in [3.63, 3.8) is 0 Å². The van der Waals surface area contributed by atoms with Crippen molar-refractivity contribution < 1.29 is 28.3 Å². The third-order valence-corrected chi connectivity index (χ3v) is 18.1. The number of ether oxygens (including phenoxy) is 1. The molecule has 1 spiro atoms. The number of carbonyl (C=O) groups excluding carboxylic acids is 4. The van der Waals surface area contributed by atoms with Gasteiger partial charge in [-0.1, -0.05) is 92.8 Å². The van der Waals surface area contributed by atoms with E-state index in [-0.39, 0.29) is 47.9 Å². The van der Waals surface area contributed by atoms with Crippen molar-refractivity contribution in [2.24, 2.45) is 5.41 Å². The molecular weight excluding hydrogens is 779 g/mol. The second-order valence-corrected chi connectivity index (χ2v) is 24.1. The molecule has 7 rings (SSSR count). The molecule has 0 radical (unpaired) electrons. The first-order valence-electron chi connectivity index (χ1n) is 21.0. The number of hydrogen-bond acceptors (Lipinski definition) is 9. The van der Waals surface area contributed by atoms with E-state index in [1.54, 1.807) is 20.8 Å². The third kappa shape index (κ3) is 8.48. The van der Waals surface area contributed by atoms with Crippen LogP contribution in [0.5, 0.6) is 0 Å². The molecule has 1 N–H and O–H groups in total. The number of aromatic nitrogens is 1. The van der Waals surface area contributed by atoms with Gasteiger partial charge in [0.25, 0.3) is 14.2 Å². The lowest BCUT2D eigenvalue weighted by atomic mass is 9.77. The Bertz CT molecular complexity index is 2150. The molecule has 0 saturated carbocycles. The highest BCUT2D eigenvalue weighted by Gasteiger charge is 2.54. The number of fused-ring (bicyclic) bond motifs is 1. The zero-order valence-corrected chi connectivity index (χ0v) is 37.6. The summed E-state index contributed by atoms with van der Waals surface area (Å²) in [5.41, 5.74) is -0.246.